The van der Waals surface area contributed by atoms with Crippen LogP contribution in [0.2, 0.25) is 15.1 Å². The van der Waals surface area contributed by atoms with E-state index < -0.39 is 70.1 Å². The number of alkyl halides is 4. The molecule has 13 heteroatoms. The second kappa shape index (κ2) is 12.1. The van der Waals surface area contributed by atoms with Gasteiger partial charge in [-0.3, -0.25) is 14.4 Å². The van der Waals surface area contributed by atoms with Gasteiger partial charge in [0.15, 0.2) is 5.78 Å². The maximum atomic E-state index is 14.5. The molecule has 1 saturated carbocycles. The number of aryl methyl sites for hydroxylation is 1. The SMILES string of the molecule is Cc1cc(NC(=O)[C@H]2[C@H](c3ccc(Cl)c(Cl)c3)C2(Cl)Cl)cc(C(=O)Cc2cc(CC(=O)C(F)F)c(F)cc2F)c1Cl. The Hall–Kier alpha value is -2.36. The number of nitrogens with one attached hydrogen (secondary N) is 1. The minimum Gasteiger partial charge on any atom is -0.326 e. The Balaban J connectivity index is 1.55. The average molecular weight is 670 g/mol. The summed E-state index contributed by atoms with van der Waals surface area (Å²) >= 11 is 31.2. The molecule has 0 saturated heterocycles. The van der Waals surface area contributed by atoms with Crippen molar-refractivity contribution in [3.63, 3.8) is 0 Å². The summed E-state index contributed by atoms with van der Waals surface area (Å²) in [5.41, 5.74) is 0.282. The van der Waals surface area contributed by atoms with Crippen LogP contribution in [0.3, 0.4) is 0 Å². The Bertz CT molecular complexity index is 1580. The van der Waals surface area contributed by atoms with Crippen molar-refractivity contribution in [2.45, 2.75) is 36.4 Å². The van der Waals surface area contributed by atoms with Crippen molar-refractivity contribution < 1.29 is 31.9 Å². The minimum absolute atomic E-state index is 0.0211. The Morgan fingerprint density at radius 1 is 0.902 bits per heavy atom. The Morgan fingerprint density at radius 3 is 2.15 bits per heavy atom. The number of hydrogen-bond acceptors (Lipinski definition) is 3. The van der Waals surface area contributed by atoms with E-state index in [-0.39, 0.29) is 26.9 Å². The number of amides is 1. The van der Waals surface area contributed by atoms with Crippen LogP contribution in [0.5, 0.6) is 0 Å². The fourth-order valence-electron chi connectivity index (χ4n) is 4.49. The summed E-state index contributed by atoms with van der Waals surface area (Å²) in [4.78, 5) is 37.6. The molecule has 216 valence electrons. The van der Waals surface area contributed by atoms with E-state index >= 15 is 0 Å². The van der Waals surface area contributed by atoms with Gasteiger partial charge in [0.1, 0.15) is 16.0 Å². The van der Waals surface area contributed by atoms with Gasteiger partial charge in [0, 0.05) is 36.1 Å². The maximum Gasteiger partial charge on any atom is 0.296 e. The van der Waals surface area contributed by atoms with Gasteiger partial charge in [0.25, 0.3) is 6.43 Å². The molecular formula is C28H18Cl5F4NO3. The van der Waals surface area contributed by atoms with E-state index in [0.29, 0.717) is 22.2 Å². The smallest absolute Gasteiger partial charge is 0.296 e. The lowest BCUT2D eigenvalue weighted by Gasteiger charge is -2.13. The minimum atomic E-state index is -3.33. The van der Waals surface area contributed by atoms with Gasteiger partial charge in [0.2, 0.25) is 11.7 Å². The highest BCUT2D eigenvalue weighted by Crippen LogP contribution is 2.65. The molecule has 0 bridgehead atoms. The molecule has 1 fully saturated rings. The summed E-state index contributed by atoms with van der Waals surface area (Å²) in [5, 5.41) is 3.27. The third-order valence-electron chi connectivity index (χ3n) is 6.64. The monoisotopic (exact) mass is 667 g/mol. The van der Waals surface area contributed by atoms with Crippen LogP contribution in [0, 0.1) is 24.5 Å². The number of hydrogen-bond donors (Lipinski definition) is 1. The molecule has 1 aliphatic rings. The second-order valence-corrected chi connectivity index (χ2v) is 12.2. The summed E-state index contributed by atoms with van der Waals surface area (Å²) in [6.45, 7) is 1.57. The molecule has 4 nitrogen and oxygen atoms in total. The van der Waals surface area contributed by atoms with Crippen molar-refractivity contribution in [1.29, 1.82) is 0 Å². The van der Waals surface area contributed by atoms with Crippen molar-refractivity contribution in [1.82, 2.24) is 0 Å². The zero-order valence-corrected chi connectivity index (χ0v) is 24.6. The maximum absolute atomic E-state index is 14.5. The largest absolute Gasteiger partial charge is 0.326 e. The highest BCUT2D eigenvalue weighted by atomic mass is 35.5. The lowest BCUT2D eigenvalue weighted by molar-refractivity contribution is -0.128. The fraction of sp³-hybridized carbons (Fsp3) is 0.250. The van der Waals surface area contributed by atoms with Crippen LogP contribution in [0.15, 0.2) is 42.5 Å². The van der Waals surface area contributed by atoms with Gasteiger partial charge >= 0.3 is 0 Å². The Morgan fingerprint density at radius 2 is 1.54 bits per heavy atom. The summed E-state index contributed by atoms with van der Waals surface area (Å²) in [5.74, 6) is -6.59. The molecule has 4 rings (SSSR count). The third kappa shape index (κ3) is 6.67. The van der Waals surface area contributed by atoms with Crippen LogP contribution in [0.4, 0.5) is 23.2 Å². The van der Waals surface area contributed by atoms with E-state index in [1.165, 1.54) is 12.1 Å². The van der Waals surface area contributed by atoms with Crippen molar-refractivity contribution in [2.75, 3.05) is 5.32 Å². The topological polar surface area (TPSA) is 63.2 Å². The van der Waals surface area contributed by atoms with Gasteiger partial charge in [-0.15, -0.1) is 23.2 Å². The summed E-state index contributed by atoms with van der Waals surface area (Å²) in [6.07, 6.45) is -4.94. The number of halogens is 9. The molecule has 1 amide bonds. The summed E-state index contributed by atoms with van der Waals surface area (Å²) in [7, 11) is 0. The van der Waals surface area contributed by atoms with E-state index in [0.717, 1.165) is 6.07 Å². The van der Waals surface area contributed by atoms with Crippen molar-refractivity contribution in [3.8, 4) is 0 Å². The van der Waals surface area contributed by atoms with Crippen LogP contribution in [0.25, 0.3) is 0 Å². The number of carbonyl (C=O) groups excluding carboxylic acids is 3. The third-order valence-corrected chi connectivity index (χ3v) is 8.82. The lowest BCUT2D eigenvalue weighted by Crippen LogP contribution is -2.18. The number of anilines is 1. The fourth-order valence-corrected chi connectivity index (χ4v) is 5.84. The van der Waals surface area contributed by atoms with E-state index in [2.05, 4.69) is 5.32 Å². The first kappa shape index (κ1) is 31.6. The van der Waals surface area contributed by atoms with Crippen LogP contribution in [-0.4, -0.2) is 28.2 Å². The van der Waals surface area contributed by atoms with Crippen molar-refractivity contribution in [3.05, 3.63) is 97.0 Å². The normalized spacial score (nSPS) is 17.4. The van der Waals surface area contributed by atoms with Gasteiger partial charge < -0.3 is 5.32 Å². The van der Waals surface area contributed by atoms with E-state index in [1.54, 1.807) is 25.1 Å². The second-order valence-electron chi connectivity index (χ2n) is 9.53. The molecule has 41 heavy (non-hydrogen) atoms. The molecule has 2 atom stereocenters. The van der Waals surface area contributed by atoms with E-state index in [9.17, 15) is 31.9 Å². The van der Waals surface area contributed by atoms with Gasteiger partial charge in [-0.25, -0.2) is 17.6 Å². The van der Waals surface area contributed by atoms with Crippen molar-refractivity contribution in [2.24, 2.45) is 5.92 Å². The first-order valence-corrected chi connectivity index (χ1v) is 13.7. The zero-order chi connectivity index (χ0) is 30.4. The number of benzene rings is 3. The summed E-state index contributed by atoms with van der Waals surface area (Å²) < 4.78 is 52.4. The van der Waals surface area contributed by atoms with Gasteiger partial charge in [0.05, 0.1) is 21.0 Å². The van der Waals surface area contributed by atoms with E-state index in [4.69, 9.17) is 58.0 Å². The first-order valence-electron chi connectivity index (χ1n) is 11.9. The van der Waals surface area contributed by atoms with Crippen LogP contribution < -0.4 is 5.32 Å². The standard InChI is InChI=1S/C28H18Cl5F4NO3/c1-11-4-15(38-27(41)24-23(28(24,32)33)12-2-3-17(29)18(30)6-12)9-16(25(11)31)21(39)7-13-5-14(8-22(40)26(36)37)20(35)10-19(13)34/h2-6,9-10,23-24,26H,7-8H2,1H3,(H,38,41)/t23-,24+/m0/s1. The number of ketones is 2. The zero-order valence-electron chi connectivity index (χ0n) is 20.8. The van der Waals surface area contributed by atoms with Crippen molar-refractivity contribution >= 4 is 81.2 Å². The molecule has 0 heterocycles. The highest BCUT2D eigenvalue weighted by molar-refractivity contribution is 6.53. The highest BCUT2D eigenvalue weighted by Gasteiger charge is 2.67. The summed E-state index contributed by atoms with van der Waals surface area (Å²) in [6, 6.07) is 8.83. The predicted molar refractivity (Wildman–Crippen MR) is 151 cm³/mol. The number of rotatable bonds is 9. The molecule has 0 unspecified atom stereocenters. The molecule has 1 aliphatic carbocycles. The van der Waals surface area contributed by atoms with Gasteiger partial charge in [-0.05, 0) is 59.5 Å². The Kier molecular flexibility index (Phi) is 9.31. The van der Waals surface area contributed by atoms with Crippen LogP contribution in [-0.2, 0) is 22.4 Å². The van der Waals surface area contributed by atoms with Gasteiger partial charge in [-0.1, -0.05) is 40.9 Å². The number of Topliss-reactive ketones (excluding diaryl/α,β-unsaturated/α-hetero) is 2. The lowest BCUT2D eigenvalue weighted by atomic mass is 9.97. The van der Waals surface area contributed by atoms with Crippen LogP contribution in [0.1, 0.15) is 38.5 Å². The molecule has 1 N–H and O–H groups in total. The molecule has 3 aromatic rings. The number of carbonyl (C=O) groups is 3. The quantitative estimate of drug-likeness (QED) is 0.141. The molecule has 0 aromatic heterocycles. The van der Waals surface area contributed by atoms with Gasteiger partial charge in [-0.2, -0.15) is 0 Å². The average Bonchev–Trinajstić information content (AvgIpc) is 3.47. The molecule has 0 radical (unpaired) electrons. The first-order chi connectivity index (χ1) is 19.1. The molecule has 0 spiro atoms. The molecule has 0 aliphatic heterocycles. The van der Waals surface area contributed by atoms with Crippen LogP contribution >= 0.6 is 58.0 Å². The predicted octanol–water partition coefficient (Wildman–Crippen LogP) is 8.56. The Labute approximate surface area is 256 Å². The molecule has 3 aromatic carbocycles. The molecular weight excluding hydrogens is 652 g/mol. The van der Waals surface area contributed by atoms with E-state index in [1.807, 2.05) is 0 Å².